The van der Waals surface area contributed by atoms with Crippen LogP contribution in [0.15, 0.2) is 24.3 Å². The minimum Gasteiger partial charge on any atom is -0.489 e. The summed E-state index contributed by atoms with van der Waals surface area (Å²) >= 11 is 0. The van der Waals surface area contributed by atoms with Gasteiger partial charge in [0, 0.05) is 22.6 Å². The number of pyridine rings is 1. The van der Waals surface area contributed by atoms with Crippen molar-refractivity contribution in [3.8, 4) is 5.75 Å². The van der Waals surface area contributed by atoms with Gasteiger partial charge >= 0.3 is 0 Å². The average molecular weight is 213 g/mol. The van der Waals surface area contributed by atoms with Crippen LogP contribution >= 0.6 is 0 Å². The zero-order valence-electron chi connectivity index (χ0n) is 9.82. The van der Waals surface area contributed by atoms with Crippen molar-refractivity contribution >= 4 is 10.9 Å². The molecular formula is C14H15NO. The van der Waals surface area contributed by atoms with E-state index in [0.717, 1.165) is 22.3 Å². The summed E-state index contributed by atoms with van der Waals surface area (Å²) in [5.74, 6) is 1.48. The van der Waals surface area contributed by atoms with Crippen molar-refractivity contribution in [2.24, 2.45) is 0 Å². The lowest BCUT2D eigenvalue weighted by Crippen LogP contribution is -2.10. The van der Waals surface area contributed by atoms with Crippen LogP contribution in [-0.4, -0.2) is 11.1 Å². The van der Waals surface area contributed by atoms with Crippen molar-refractivity contribution in [1.29, 1.82) is 0 Å². The van der Waals surface area contributed by atoms with Gasteiger partial charge in [-0.2, -0.15) is 0 Å². The second-order valence-electron chi connectivity index (χ2n) is 4.57. The molecule has 0 radical (unpaired) electrons. The van der Waals surface area contributed by atoms with Crippen LogP contribution in [0, 0.1) is 6.92 Å². The first-order chi connectivity index (χ1) is 7.68. The molecule has 2 atom stereocenters. The summed E-state index contributed by atoms with van der Waals surface area (Å²) in [6, 6.07) is 8.19. The fourth-order valence-corrected chi connectivity index (χ4v) is 2.50. The van der Waals surface area contributed by atoms with Gasteiger partial charge in [-0.1, -0.05) is 19.1 Å². The molecule has 2 nitrogen and oxygen atoms in total. The van der Waals surface area contributed by atoms with Crippen molar-refractivity contribution in [3.05, 3.63) is 35.5 Å². The third-order valence-electron chi connectivity index (χ3n) is 3.53. The van der Waals surface area contributed by atoms with E-state index in [0.29, 0.717) is 5.92 Å². The Labute approximate surface area is 95.3 Å². The summed E-state index contributed by atoms with van der Waals surface area (Å²) in [6.07, 6.45) is 0.251. The molecule has 0 N–H and O–H groups in total. The van der Waals surface area contributed by atoms with Crippen LogP contribution in [0.1, 0.15) is 31.0 Å². The second-order valence-corrected chi connectivity index (χ2v) is 4.57. The van der Waals surface area contributed by atoms with Crippen LogP contribution in [0.3, 0.4) is 0 Å². The quantitative estimate of drug-likeness (QED) is 0.669. The number of ether oxygens (including phenoxy) is 1. The van der Waals surface area contributed by atoms with Crippen molar-refractivity contribution in [2.75, 3.05) is 0 Å². The Morgan fingerprint density at radius 1 is 1.19 bits per heavy atom. The van der Waals surface area contributed by atoms with Crippen molar-refractivity contribution in [2.45, 2.75) is 32.8 Å². The molecule has 0 fully saturated rings. The highest BCUT2D eigenvalue weighted by Crippen LogP contribution is 2.43. The molecule has 3 rings (SSSR count). The summed E-state index contributed by atoms with van der Waals surface area (Å²) in [5.41, 5.74) is 3.41. The topological polar surface area (TPSA) is 22.1 Å². The molecule has 0 saturated carbocycles. The van der Waals surface area contributed by atoms with Crippen LogP contribution in [-0.2, 0) is 0 Å². The number of aromatic nitrogens is 1. The zero-order chi connectivity index (χ0) is 11.3. The third-order valence-corrected chi connectivity index (χ3v) is 3.53. The van der Waals surface area contributed by atoms with E-state index in [9.17, 15) is 0 Å². The number of nitrogens with zero attached hydrogens (tertiary/aromatic N) is 1. The average Bonchev–Trinajstić information content (AvgIpc) is 2.57. The van der Waals surface area contributed by atoms with Gasteiger partial charge in [-0.15, -0.1) is 0 Å². The third kappa shape index (κ3) is 1.16. The van der Waals surface area contributed by atoms with Crippen molar-refractivity contribution in [3.63, 3.8) is 0 Å². The maximum absolute atomic E-state index is 5.97. The SMILES string of the molecule is Cc1nc2ccccc2c2c1C(C)C(C)O2. The molecule has 2 heterocycles. The number of hydrogen-bond donors (Lipinski definition) is 0. The standard InChI is InChI=1S/C14H15NO/c1-8-10(3)16-14-11-6-4-5-7-12(11)15-9(2)13(8)14/h4-8,10H,1-3H3. The van der Waals surface area contributed by atoms with Gasteiger partial charge in [0.15, 0.2) is 0 Å². The lowest BCUT2D eigenvalue weighted by Gasteiger charge is -2.08. The molecule has 0 saturated heterocycles. The summed E-state index contributed by atoms with van der Waals surface area (Å²) < 4.78 is 5.97. The van der Waals surface area contributed by atoms with Crippen LogP contribution in [0.25, 0.3) is 10.9 Å². The molecule has 0 spiro atoms. The molecule has 2 aromatic rings. The lowest BCUT2D eigenvalue weighted by molar-refractivity contribution is 0.234. The van der Waals surface area contributed by atoms with Gasteiger partial charge in [0.25, 0.3) is 0 Å². The van der Waals surface area contributed by atoms with E-state index in [1.165, 1.54) is 5.56 Å². The van der Waals surface area contributed by atoms with Gasteiger partial charge in [0.1, 0.15) is 11.9 Å². The number of benzene rings is 1. The monoisotopic (exact) mass is 213 g/mol. The normalized spacial score (nSPS) is 23.2. The highest BCUT2D eigenvalue weighted by atomic mass is 16.5. The van der Waals surface area contributed by atoms with Crippen LogP contribution in [0.5, 0.6) is 5.75 Å². The maximum atomic E-state index is 5.97. The largest absolute Gasteiger partial charge is 0.489 e. The molecule has 1 aromatic carbocycles. The summed E-state index contributed by atoms with van der Waals surface area (Å²) in [7, 11) is 0. The Morgan fingerprint density at radius 2 is 1.94 bits per heavy atom. The molecule has 1 aliphatic rings. The van der Waals surface area contributed by atoms with Crippen LogP contribution in [0.2, 0.25) is 0 Å². The molecule has 82 valence electrons. The van der Waals surface area contributed by atoms with E-state index in [1.807, 2.05) is 18.2 Å². The highest BCUT2D eigenvalue weighted by Gasteiger charge is 2.31. The summed E-state index contributed by atoms with van der Waals surface area (Å²) in [5, 5.41) is 1.14. The van der Waals surface area contributed by atoms with E-state index < -0.39 is 0 Å². The van der Waals surface area contributed by atoms with Crippen LogP contribution in [0.4, 0.5) is 0 Å². The van der Waals surface area contributed by atoms with Gasteiger partial charge < -0.3 is 4.74 Å². The fourth-order valence-electron chi connectivity index (χ4n) is 2.50. The van der Waals surface area contributed by atoms with Gasteiger partial charge in [0.2, 0.25) is 0 Å². The number of hydrogen-bond acceptors (Lipinski definition) is 2. The Morgan fingerprint density at radius 3 is 2.75 bits per heavy atom. The molecular weight excluding hydrogens is 198 g/mol. The first-order valence-electron chi connectivity index (χ1n) is 5.74. The van der Waals surface area contributed by atoms with Crippen molar-refractivity contribution in [1.82, 2.24) is 4.98 Å². The molecule has 16 heavy (non-hydrogen) atoms. The van der Waals surface area contributed by atoms with Gasteiger partial charge in [-0.25, -0.2) is 0 Å². The molecule has 2 unspecified atom stereocenters. The Hall–Kier alpha value is -1.57. The number of para-hydroxylation sites is 1. The first kappa shape index (κ1) is 9.64. The number of fused-ring (bicyclic) bond motifs is 3. The van der Waals surface area contributed by atoms with E-state index in [2.05, 4.69) is 31.8 Å². The van der Waals surface area contributed by atoms with Crippen molar-refractivity contribution < 1.29 is 4.74 Å². The van der Waals surface area contributed by atoms with E-state index >= 15 is 0 Å². The molecule has 0 aliphatic carbocycles. The highest BCUT2D eigenvalue weighted by molar-refractivity contribution is 5.87. The number of aryl methyl sites for hydroxylation is 1. The van der Waals surface area contributed by atoms with E-state index in [1.54, 1.807) is 0 Å². The predicted octanol–water partition coefficient (Wildman–Crippen LogP) is 3.43. The van der Waals surface area contributed by atoms with E-state index in [4.69, 9.17) is 4.74 Å². The Bertz CT molecular complexity index is 562. The maximum Gasteiger partial charge on any atom is 0.134 e. The molecule has 0 amide bonds. The van der Waals surface area contributed by atoms with Gasteiger partial charge in [-0.3, -0.25) is 4.98 Å². The molecule has 1 aromatic heterocycles. The predicted molar refractivity (Wildman–Crippen MR) is 65.0 cm³/mol. The first-order valence-corrected chi connectivity index (χ1v) is 5.74. The number of rotatable bonds is 0. The minimum absolute atomic E-state index is 0.251. The van der Waals surface area contributed by atoms with Gasteiger partial charge in [-0.05, 0) is 26.0 Å². The van der Waals surface area contributed by atoms with E-state index in [-0.39, 0.29) is 6.10 Å². The minimum atomic E-state index is 0.251. The summed E-state index contributed by atoms with van der Waals surface area (Å²) in [4.78, 5) is 4.65. The molecule has 1 aliphatic heterocycles. The van der Waals surface area contributed by atoms with Gasteiger partial charge in [0.05, 0.1) is 5.52 Å². The zero-order valence-corrected chi connectivity index (χ0v) is 9.82. The Balaban J connectivity index is 2.39. The smallest absolute Gasteiger partial charge is 0.134 e. The second kappa shape index (κ2) is 3.21. The summed E-state index contributed by atoms with van der Waals surface area (Å²) in [6.45, 7) is 6.40. The molecule has 2 heteroatoms. The fraction of sp³-hybridized carbons (Fsp3) is 0.357. The lowest BCUT2D eigenvalue weighted by atomic mass is 9.96. The molecule has 0 bridgehead atoms. The Kier molecular flexibility index (Phi) is 1.93. The van der Waals surface area contributed by atoms with Crippen LogP contribution < -0.4 is 4.74 Å².